The van der Waals surface area contributed by atoms with Crippen molar-refractivity contribution < 1.29 is 24.1 Å². The first-order chi connectivity index (χ1) is 40.1. The third-order valence-electron chi connectivity index (χ3n) is 16.2. The number of para-hydroxylation sites is 4. The van der Waals surface area contributed by atoms with Crippen LogP contribution in [0.1, 0.15) is 105 Å². The van der Waals surface area contributed by atoms with Crippen LogP contribution >= 0.6 is 0 Å². The number of nitrogens with zero attached hydrogens (tertiary/aromatic N) is 5. The van der Waals surface area contributed by atoms with Crippen molar-refractivity contribution in [3.63, 3.8) is 0 Å². The predicted molar refractivity (Wildman–Crippen MR) is 348 cm³/mol. The van der Waals surface area contributed by atoms with Gasteiger partial charge in [-0.1, -0.05) is 48.5 Å². The van der Waals surface area contributed by atoms with Crippen LogP contribution in [0, 0.1) is 15.9 Å². The molecule has 1 aliphatic heterocycles. The van der Waals surface area contributed by atoms with Gasteiger partial charge in [-0.15, -0.1) is 6.07 Å². The third-order valence-corrected chi connectivity index (χ3v) is 17.2. The zero-order chi connectivity index (χ0) is 58.9. The number of imidazole rings is 1. The summed E-state index contributed by atoms with van der Waals surface area (Å²) in [5.74, 6) is 1.75. The van der Waals surface area contributed by atoms with Crippen molar-refractivity contribution in [2.24, 2.45) is 0 Å². The average Bonchev–Trinajstić information content (AvgIpc) is 2.17. The number of pyridine rings is 1. The fraction of sp³-hybridized carbons (Fsp3) is 0.211. The Morgan fingerprint density at radius 3 is 1.68 bits per heavy atom. The van der Waals surface area contributed by atoms with Crippen LogP contribution < -0.4 is 19.8 Å². The van der Waals surface area contributed by atoms with Gasteiger partial charge in [0.25, 0.3) is 0 Å². The number of ether oxygens (including phenoxy) is 1. The van der Waals surface area contributed by atoms with Crippen LogP contribution in [-0.2, 0) is 41.0 Å². The fourth-order valence-electron chi connectivity index (χ4n) is 11.7. The molecule has 12 rings (SSSR count). The number of hydrogen-bond acceptors (Lipinski definition) is 4. The molecule has 9 aromatic carbocycles. The molecule has 8 heteroatoms. The summed E-state index contributed by atoms with van der Waals surface area (Å²) in [6.45, 7) is 27.5. The molecule has 0 spiro atoms. The van der Waals surface area contributed by atoms with Gasteiger partial charge in [-0.25, -0.2) is 0 Å². The zero-order valence-corrected chi connectivity index (χ0v) is 52.6. The van der Waals surface area contributed by atoms with E-state index in [9.17, 15) is 0 Å². The van der Waals surface area contributed by atoms with E-state index < -0.39 is 0 Å². The summed E-state index contributed by atoms with van der Waals surface area (Å²) in [6, 6.07) is 86.1. The van der Waals surface area contributed by atoms with Crippen LogP contribution in [0.4, 0.5) is 22.9 Å². The molecule has 3 heterocycles. The molecule has 422 valence electrons. The normalized spacial score (nSPS) is 13.0. The van der Waals surface area contributed by atoms with E-state index in [0.29, 0.717) is 11.6 Å². The fourth-order valence-corrected chi connectivity index (χ4v) is 12.8. The minimum absolute atomic E-state index is 0.0872. The third kappa shape index (κ3) is 10.6. The molecule has 84 heavy (non-hydrogen) atoms. The van der Waals surface area contributed by atoms with E-state index in [1.165, 1.54) is 33.4 Å². The Hall–Kier alpha value is -8.25. The summed E-state index contributed by atoms with van der Waals surface area (Å²) in [6.07, 6.45) is 0. The molecule has 2 aromatic heterocycles. The molecule has 0 saturated heterocycles. The van der Waals surface area contributed by atoms with Crippen molar-refractivity contribution >= 4 is 46.4 Å². The number of benzene rings is 9. The molecule has 1 aliphatic rings. The second-order valence-corrected chi connectivity index (χ2v) is 27.3. The topological polar surface area (TPSA) is 38.5 Å². The van der Waals surface area contributed by atoms with E-state index in [4.69, 9.17) is 9.72 Å². The summed E-state index contributed by atoms with van der Waals surface area (Å²) in [5.41, 5.74) is 19.5. The number of rotatable bonds is 10. The van der Waals surface area contributed by atoms with Gasteiger partial charge in [0.15, 0.2) is 0 Å². The second kappa shape index (κ2) is 21.7. The first-order valence-electron chi connectivity index (χ1n) is 29.2. The van der Waals surface area contributed by atoms with E-state index >= 15 is 0 Å². The maximum atomic E-state index is 7.31. The van der Waals surface area contributed by atoms with Crippen LogP contribution in [0.5, 0.6) is 11.6 Å². The first kappa shape index (κ1) is 56.2. The molecule has 11 aromatic rings. The van der Waals surface area contributed by atoms with E-state index in [0.717, 1.165) is 76.8 Å². The summed E-state index contributed by atoms with van der Waals surface area (Å²) < 4.78 is 13.1. The van der Waals surface area contributed by atoms with Gasteiger partial charge >= 0.3 is 427 Å². The van der Waals surface area contributed by atoms with Crippen LogP contribution in [0.2, 0.25) is 0 Å². The standard InChI is InChI=1S/C76H72BN5O.Pt/c1-73(2,3)54-45-53(46-55(47-54)74(4,5)6)63-49-56(75(7,8)9)48-62(52-29-16-13-17-30-52)72(63)80-51-79(65-37-24-25-38-66(65)80)59-43-44-61(60-35-22-23-36-64(60)76(10,11)12)69(50-59)83-71-42-28-41-70(78-71)82-68-40-27-26-39-67(68)81(58-33-20-15-21-34-58)77(82)57-31-18-14-19-32-57;/h13-39,41-49H,1-12H3;/q-2;. The Morgan fingerprint density at radius 1 is 0.464 bits per heavy atom. The van der Waals surface area contributed by atoms with Crippen molar-refractivity contribution in [2.75, 3.05) is 9.62 Å². The predicted octanol–water partition coefficient (Wildman–Crippen LogP) is 19.2. The Bertz CT molecular complexity index is 4280. The molecule has 0 radical (unpaired) electrons. The summed E-state index contributed by atoms with van der Waals surface area (Å²) in [5, 5.41) is 0. The molecule has 0 fully saturated rings. The number of fused-ring (bicyclic) bond motifs is 2. The second-order valence-electron chi connectivity index (χ2n) is 26.3. The minimum atomic E-state index is -0.263. The Kier molecular flexibility index (Phi) is 14.6. The van der Waals surface area contributed by atoms with Gasteiger partial charge in [-0.3, -0.25) is 0 Å². The average molecular weight is 1280 g/mol. The molecule has 0 amide bonds. The summed E-state index contributed by atoms with van der Waals surface area (Å²) >= 11 is 2.56. The van der Waals surface area contributed by atoms with Gasteiger partial charge in [0, 0.05) is 5.69 Å². The Balaban J connectivity index is 1.08. The van der Waals surface area contributed by atoms with Crippen LogP contribution in [-0.4, -0.2) is 21.1 Å². The van der Waals surface area contributed by atoms with Crippen molar-refractivity contribution in [1.29, 1.82) is 0 Å². The molecule has 6 nitrogen and oxygen atoms in total. The molecule has 0 atom stereocenters. The van der Waals surface area contributed by atoms with E-state index in [2.05, 4.69) is 334 Å². The monoisotopic (exact) mass is 1280 g/mol. The van der Waals surface area contributed by atoms with Crippen molar-refractivity contribution in [2.45, 2.75) is 105 Å². The van der Waals surface area contributed by atoms with Crippen molar-refractivity contribution in [1.82, 2.24) is 14.1 Å². The zero-order valence-electron chi connectivity index (χ0n) is 50.3. The quantitative estimate of drug-likeness (QED) is 0.101. The number of aromatic nitrogens is 3. The Labute approximate surface area is 508 Å². The van der Waals surface area contributed by atoms with E-state index in [-0.39, 0.29) is 28.6 Å². The first-order valence-corrected chi connectivity index (χ1v) is 30.4. The van der Waals surface area contributed by atoms with Crippen LogP contribution in [0.15, 0.2) is 218 Å². The van der Waals surface area contributed by atoms with E-state index in [1.54, 1.807) is 0 Å². The summed E-state index contributed by atoms with van der Waals surface area (Å²) in [4.78, 5) is 10.1. The van der Waals surface area contributed by atoms with Crippen LogP contribution in [0.25, 0.3) is 55.8 Å². The van der Waals surface area contributed by atoms with Gasteiger partial charge in [-0.2, -0.15) is 12.1 Å². The number of hydrogen-bond donors (Lipinski definition) is 0. The molecule has 0 unspecified atom stereocenters. The maximum absolute atomic E-state index is 7.31. The molecular formula is C76H72BN5OPt-2. The van der Waals surface area contributed by atoms with Gasteiger partial charge in [0.05, 0.1) is 0 Å². The Morgan fingerprint density at radius 2 is 1.04 bits per heavy atom. The van der Waals surface area contributed by atoms with Gasteiger partial charge in [-0.05, 0) is 12.1 Å². The van der Waals surface area contributed by atoms with Gasteiger partial charge < -0.3 is 0 Å². The molecule has 0 saturated carbocycles. The van der Waals surface area contributed by atoms with Crippen LogP contribution in [0.3, 0.4) is 0 Å². The molecule has 0 aliphatic carbocycles. The van der Waals surface area contributed by atoms with Crippen molar-refractivity contribution in [3.05, 3.63) is 257 Å². The summed E-state index contributed by atoms with van der Waals surface area (Å²) in [7, 11) is 0. The SMILES string of the molecule is CC(C)(C)c1cc(-c2cc(C(C)(C)C)cc(-c3ccccc3)c2-n2[c](=[Pt])n(-c3[c-]c(Oc4cccc(N5B(c6ccccc6)N(c6ccccc6)c6ccc[c-]c65)n4)c(-c4ccccc4C(C)(C)C)cc3)c3ccccc32)cc(C(C)(C)C)c1. The molecule has 0 bridgehead atoms. The molecule has 0 N–H and O–H groups in total. The molecular weight excluding hydrogens is 1200 g/mol. The van der Waals surface area contributed by atoms with Crippen molar-refractivity contribution in [3.8, 4) is 56.4 Å². The number of anilines is 4. The van der Waals surface area contributed by atoms with E-state index in [1.807, 2.05) is 18.2 Å². The van der Waals surface area contributed by atoms with Gasteiger partial charge in [0.1, 0.15) is 0 Å². The van der Waals surface area contributed by atoms with Gasteiger partial charge in [0.2, 0.25) is 0 Å².